The van der Waals surface area contributed by atoms with Gasteiger partial charge in [0.05, 0.1) is 0 Å². The van der Waals surface area contributed by atoms with Crippen LogP contribution in [0, 0.1) is 0 Å². The lowest BCUT2D eigenvalue weighted by atomic mass is 10.2. The summed E-state index contributed by atoms with van der Waals surface area (Å²) in [4.78, 5) is 11.7. The summed E-state index contributed by atoms with van der Waals surface area (Å²) < 4.78 is 0. The van der Waals surface area contributed by atoms with Gasteiger partial charge in [0.2, 0.25) is 0 Å². The van der Waals surface area contributed by atoms with Crippen molar-refractivity contribution in [2.75, 3.05) is 19.6 Å². The first-order valence-electron chi connectivity index (χ1n) is 6.35. The molecule has 1 fully saturated rings. The summed E-state index contributed by atoms with van der Waals surface area (Å²) in [6, 6.07) is 1.87. The third kappa shape index (κ3) is 3.56. The van der Waals surface area contributed by atoms with Gasteiger partial charge in [0.25, 0.3) is 5.91 Å². The summed E-state index contributed by atoms with van der Waals surface area (Å²) in [5, 5.41) is 13.0. The number of nitrogens with one attached hydrogen (secondary N) is 3. The van der Waals surface area contributed by atoms with E-state index in [9.17, 15) is 4.79 Å². The highest BCUT2D eigenvalue weighted by Crippen LogP contribution is 2.38. The van der Waals surface area contributed by atoms with Crippen molar-refractivity contribution in [1.82, 2.24) is 20.8 Å². The van der Waals surface area contributed by atoms with Crippen LogP contribution in [0.5, 0.6) is 0 Å². The SMILES string of the molecule is CCCNCCNC(=O)c1cc(C2CC2)[nH]n1. The minimum Gasteiger partial charge on any atom is -0.349 e. The molecule has 0 saturated heterocycles. The van der Waals surface area contributed by atoms with Crippen LogP contribution in [0.15, 0.2) is 6.07 Å². The molecule has 0 spiro atoms. The Morgan fingerprint density at radius 2 is 2.29 bits per heavy atom. The fourth-order valence-electron chi connectivity index (χ4n) is 1.71. The van der Waals surface area contributed by atoms with Crippen molar-refractivity contribution in [2.45, 2.75) is 32.1 Å². The van der Waals surface area contributed by atoms with Crippen molar-refractivity contribution in [2.24, 2.45) is 0 Å². The van der Waals surface area contributed by atoms with Crippen molar-refractivity contribution in [3.63, 3.8) is 0 Å². The molecule has 3 N–H and O–H groups in total. The van der Waals surface area contributed by atoms with Gasteiger partial charge in [-0.05, 0) is 31.9 Å². The Kier molecular flexibility index (Phi) is 4.14. The highest BCUT2D eigenvalue weighted by atomic mass is 16.1. The Morgan fingerprint density at radius 1 is 1.47 bits per heavy atom. The third-order valence-electron chi connectivity index (χ3n) is 2.86. The number of carbonyl (C=O) groups is 1. The molecule has 5 nitrogen and oxygen atoms in total. The fraction of sp³-hybridized carbons (Fsp3) is 0.667. The number of nitrogens with zero attached hydrogens (tertiary/aromatic N) is 1. The summed E-state index contributed by atoms with van der Waals surface area (Å²) in [6.07, 6.45) is 3.53. The van der Waals surface area contributed by atoms with Crippen LogP contribution in [-0.4, -0.2) is 35.7 Å². The van der Waals surface area contributed by atoms with E-state index in [-0.39, 0.29) is 5.91 Å². The Hall–Kier alpha value is -1.36. The largest absolute Gasteiger partial charge is 0.349 e. The third-order valence-corrected chi connectivity index (χ3v) is 2.86. The number of hydrogen-bond donors (Lipinski definition) is 3. The second-order valence-corrected chi connectivity index (χ2v) is 4.49. The van der Waals surface area contributed by atoms with Crippen LogP contribution in [0.25, 0.3) is 0 Å². The first-order chi connectivity index (χ1) is 8.31. The molecule has 1 aliphatic rings. The van der Waals surface area contributed by atoms with Crippen molar-refractivity contribution in [3.05, 3.63) is 17.5 Å². The Labute approximate surface area is 101 Å². The molecule has 1 aromatic heterocycles. The molecule has 1 aliphatic carbocycles. The summed E-state index contributed by atoms with van der Waals surface area (Å²) in [5.41, 5.74) is 1.60. The molecular weight excluding hydrogens is 216 g/mol. The monoisotopic (exact) mass is 236 g/mol. The maximum absolute atomic E-state index is 11.7. The van der Waals surface area contributed by atoms with Gasteiger partial charge < -0.3 is 10.6 Å². The highest BCUT2D eigenvalue weighted by Gasteiger charge is 2.26. The zero-order chi connectivity index (χ0) is 12.1. The molecule has 94 valence electrons. The zero-order valence-corrected chi connectivity index (χ0v) is 10.3. The molecule has 0 atom stereocenters. The van der Waals surface area contributed by atoms with E-state index in [0.29, 0.717) is 18.2 Å². The van der Waals surface area contributed by atoms with Gasteiger partial charge >= 0.3 is 0 Å². The average Bonchev–Trinajstić information content (AvgIpc) is 3.07. The molecule has 1 aromatic rings. The van der Waals surface area contributed by atoms with Crippen LogP contribution < -0.4 is 10.6 Å². The maximum Gasteiger partial charge on any atom is 0.271 e. The minimum absolute atomic E-state index is 0.0913. The average molecular weight is 236 g/mol. The lowest BCUT2D eigenvalue weighted by Gasteiger charge is -2.03. The number of hydrogen-bond acceptors (Lipinski definition) is 3. The van der Waals surface area contributed by atoms with E-state index in [1.165, 1.54) is 12.8 Å². The van der Waals surface area contributed by atoms with Gasteiger partial charge in [-0.3, -0.25) is 9.89 Å². The van der Waals surface area contributed by atoms with Crippen molar-refractivity contribution in [3.8, 4) is 0 Å². The summed E-state index contributed by atoms with van der Waals surface area (Å²) in [5.74, 6) is 0.515. The van der Waals surface area contributed by atoms with E-state index in [1.807, 2.05) is 6.07 Å². The number of rotatable bonds is 7. The number of H-pyrrole nitrogens is 1. The van der Waals surface area contributed by atoms with Crippen LogP contribution in [0.4, 0.5) is 0 Å². The maximum atomic E-state index is 11.7. The molecule has 0 radical (unpaired) electrons. The van der Waals surface area contributed by atoms with E-state index in [2.05, 4.69) is 27.8 Å². The van der Waals surface area contributed by atoms with E-state index < -0.39 is 0 Å². The van der Waals surface area contributed by atoms with Gasteiger partial charge in [0, 0.05) is 24.7 Å². The first kappa shape index (κ1) is 12.1. The molecule has 0 bridgehead atoms. The van der Waals surface area contributed by atoms with Gasteiger partial charge in [0.1, 0.15) is 5.69 Å². The van der Waals surface area contributed by atoms with E-state index in [4.69, 9.17) is 0 Å². The van der Waals surface area contributed by atoms with Gasteiger partial charge in [-0.1, -0.05) is 6.92 Å². The predicted octanol–water partition coefficient (Wildman–Crippen LogP) is 1.02. The number of carbonyl (C=O) groups excluding carboxylic acids is 1. The second kappa shape index (κ2) is 5.82. The van der Waals surface area contributed by atoms with Crippen molar-refractivity contribution >= 4 is 5.91 Å². The summed E-state index contributed by atoms with van der Waals surface area (Å²) >= 11 is 0. The zero-order valence-electron chi connectivity index (χ0n) is 10.3. The van der Waals surface area contributed by atoms with Gasteiger partial charge in [-0.2, -0.15) is 5.10 Å². The van der Waals surface area contributed by atoms with Gasteiger partial charge in [-0.15, -0.1) is 0 Å². The Balaban J connectivity index is 1.70. The second-order valence-electron chi connectivity index (χ2n) is 4.49. The number of aromatic nitrogens is 2. The van der Waals surface area contributed by atoms with Crippen molar-refractivity contribution in [1.29, 1.82) is 0 Å². The van der Waals surface area contributed by atoms with Crippen LogP contribution >= 0.6 is 0 Å². The van der Waals surface area contributed by atoms with E-state index >= 15 is 0 Å². The molecule has 2 rings (SSSR count). The van der Waals surface area contributed by atoms with Crippen LogP contribution in [0.2, 0.25) is 0 Å². The molecule has 1 saturated carbocycles. The van der Waals surface area contributed by atoms with Crippen molar-refractivity contribution < 1.29 is 4.79 Å². The standard InChI is InChI=1S/C12H20N4O/c1-2-5-13-6-7-14-12(17)11-8-10(15-16-11)9-3-4-9/h8-9,13H,2-7H2,1H3,(H,14,17)(H,15,16). The van der Waals surface area contributed by atoms with Gasteiger partial charge in [0.15, 0.2) is 0 Å². The smallest absolute Gasteiger partial charge is 0.271 e. The number of aromatic amines is 1. The minimum atomic E-state index is -0.0913. The van der Waals surface area contributed by atoms with Crippen LogP contribution in [0.3, 0.4) is 0 Å². The molecule has 0 unspecified atom stereocenters. The quantitative estimate of drug-likeness (QED) is 0.619. The molecular formula is C12H20N4O. The van der Waals surface area contributed by atoms with E-state index in [1.54, 1.807) is 0 Å². The molecule has 5 heteroatoms. The Bertz CT molecular complexity index is 370. The fourth-order valence-corrected chi connectivity index (χ4v) is 1.71. The lowest BCUT2D eigenvalue weighted by Crippen LogP contribution is -2.32. The number of amides is 1. The Morgan fingerprint density at radius 3 is 3.00 bits per heavy atom. The first-order valence-corrected chi connectivity index (χ1v) is 6.35. The summed E-state index contributed by atoms with van der Waals surface area (Å²) in [6.45, 7) is 4.56. The van der Waals surface area contributed by atoms with Gasteiger partial charge in [-0.25, -0.2) is 0 Å². The molecule has 1 heterocycles. The topological polar surface area (TPSA) is 69.8 Å². The summed E-state index contributed by atoms with van der Waals surface area (Å²) in [7, 11) is 0. The predicted molar refractivity (Wildman–Crippen MR) is 66.1 cm³/mol. The molecule has 0 aliphatic heterocycles. The molecule has 17 heavy (non-hydrogen) atoms. The molecule has 1 amide bonds. The normalized spacial score (nSPS) is 14.9. The van der Waals surface area contributed by atoms with Crippen LogP contribution in [-0.2, 0) is 0 Å². The van der Waals surface area contributed by atoms with E-state index in [0.717, 1.165) is 25.2 Å². The lowest BCUT2D eigenvalue weighted by molar-refractivity contribution is 0.0949. The molecule has 0 aromatic carbocycles. The highest BCUT2D eigenvalue weighted by molar-refractivity contribution is 5.92. The van der Waals surface area contributed by atoms with Crippen LogP contribution in [0.1, 0.15) is 48.3 Å².